The van der Waals surface area contributed by atoms with Crippen LogP contribution in [0, 0.1) is 0 Å². The standard InChI is InChI=1S/C12H16O4/c1-9(14)12(11(15)7-13)16-8-10-5-3-2-4-6-10/h2-6,11-13,15H,7-8H2,1H3/t11-,12-/m1/s1. The molecule has 0 saturated heterocycles. The Morgan fingerprint density at radius 2 is 2.00 bits per heavy atom. The van der Waals surface area contributed by atoms with Gasteiger partial charge >= 0.3 is 0 Å². The third kappa shape index (κ3) is 3.73. The van der Waals surface area contributed by atoms with Gasteiger partial charge in [0.25, 0.3) is 0 Å². The molecular weight excluding hydrogens is 208 g/mol. The second-order valence-corrected chi connectivity index (χ2v) is 3.58. The Hall–Kier alpha value is -1.23. The van der Waals surface area contributed by atoms with E-state index in [-0.39, 0.29) is 12.4 Å². The molecule has 0 spiro atoms. The molecule has 0 saturated carbocycles. The number of hydrogen-bond acceptors (Lipinski definition) is 4. The molecule has 4 heteroatoms. The van der Waals surface area contributed by atoms with Gasteiger partial charge in [0.1, 0.15) is 12.2 Å². The molecule has 0 bridgehead atoms. The van der Waals surface area contributed by atoms with E-state index in [9.17, 15) is 9.90 Å². The minimum Gasteiger partial charge on any atom is -0.394 e. The van der Waals surface area contributed by atoms with Crippen molar-refractivity contribution in [3.8, 4) is 0 Å². The summed E-state index contributed by atoms with van der Waals surface area (Å²) in [4.78, 5) is 11.2. The quantitative estimate of drug-likeness (QED) is 0.739. The van der Waals surface area contributed by atoms with E-state index in [1.807, 2.05) is 30.3 Å². The van der Waals surface area contributed by atoms with Gasteiger partial charge in [-0.1, -0.05) is 30.3 Å². The number of ether oxygens (including phenoxy) is 1. The van der Waals surface area contributed by atoms with Crippen LogP contribution in [0.2, 0.25) is 0 Å². The van der Waals surface area contributed by atoms with Gasteiger partial charge in [-0.2, -0.15) is 0 Å². The normalized spacial score (nSPS) is 14.4. The van der Waals surface area contributed by atoms with Crippen LogP contribution in [-0.2, 0) is 16.1 Å². The van der Waals surface area contributed by atoms with Crippen molar-refractivity contribution in [2.24, 2.45) is 0 Å². The average molecular weight is 224 g/mol. The van der Waals surface area contributed by atoms with Gasteiger partial charge in [0.2, 0.25) is 0 Å². The Morgan fingerprint density at radius 3 is 2.50 bits per heavy atom. The summed E-state index contributed by atoms with van der Waals surface area (Å²) in [5.41, 5.74) is 0.916. The van der Waals surface area contributed by atoms with Gasteiger partial charge < -0.3 is 14.9 Å². The summed E-state index contributed by atoms with van der Waals surface area (Å²) < 4.78 is 5.28. The summed E-state index contributed by atoms with van der Waals surface area (Å²) in [7, 11) is 0. The summed E-state index contributed by atoms with van der Waals surface area (Å²) in [5.74, 6) is -0.294. The third-order valence-corrected chi connectivity index (χ3v) is 2.21. The second-order valence-electron chi connectivity index (χ2n) is 3.58. The van der Waals surface area contributed by atoms with Crippen LogP contribution in [0.3, 0.4) is 0 Å². The smallest absolute Gasteiger partial charge is 0.161 e. The van der Waals surface area contributed by atoms with E-state index in [2.05, 4.69) is 0 Å². The van der Waals surface area contributed by atoms with Gasteiger partial charge in [-0.15, -0.1) is 0 Å². The van der Waals surface area contributed by atoms with Gasteiger partial charge in [-0.05, 0) is 12.5 Å². The molecule has 2 atom stereocenters. The molecule has 88 valence electrons. The van der Waals surface area contributed by atoms with E-state index in [1.165, 1.54) is 6.92 Å². The highest BCUT2D eigenvalue weighted by Crippen LogP contribution is 2.07. The Balaban J connectivity index is 2.54. The number of carbonyl (C=O) groups excluding carboxylic acids is 1. The molecule has 1 aromatic rings. The zero-order valence-corrected chi connectivity index (χ0v) is 9.17. The van der Waals surface area contributed by atoms with E-state index in [0.29, 0.717) is 0 Å². The summed E-state index contributed by atoms with van der Waals surface area (Å²) >= 11 is 0. The molecule has 0 heterocycles. The van der Waals surface area contributed by atoms with Crippen molar-refractivity contribution in [3.63, 3.8) is 0 Å². The zero-order valence-electron chi connectivity index (χ0n) is 9.17. The molecular formula is C12H16O4. The molecule has 0 aliphatic rings. The maximum atomic E-state index is 11.2. The fourth-order valence-electron chi connectivity index (χ4n) is 1.36. The molecule has 0 amide bonds. The highest BCUT2D eigenvalue weighted by atomic mass is 16.5. The number of rotatable bonds is 6. The Labute approximate surface area is 94.5 Å². The number of hydrogen-bond donors (Lipinski definition) is 2. The number of aliphatic hydroxyl groups is 2. The number of ketones is 1. The van der Waals surface area contributed by atoms with Crippen LogP contribution < -0.4 is 0 Å². The second kappa shape index (κ2) is 6.37. The topological polar surface area (TPSA) is 66.8 Å². The predicted octanol–water partition coefficient (Wildman–Crippen LogP) is 0.514. The summed E-state index contributed by atoms with van der Waals surface area (Å²) in [5, 5.41) is 18.1. The molecule has 16 heavy (non-hydrogen) atoms. The van der Waals surface area contributed by atoms with Gasteiger partial charge in [-0.25, -0.2) is 0 Å². The third-order valence-electron chi connectivity index (χ3n) is 2.21. The van der Waals surface area contributed by atoms with Crippen molar-refractivity contribution >= 4 is 5.78 Å². The predicted molar refractivity (Wildman–Crippen MR) is 58.8 cm³/mol. The van der Waals surface area contributed by atoms with Crippen LogP contribution in [0.15, 0.2) is 30.3 Å². The van der Waals surface area contributed by atoms with Gasteiger partial charge in [0.15, 0.2) is 5.78 Å². The van der Waals surface area contributed by atoms with Crippen LogP contribution in [0.4, 0.5) is 0 Å². The van der Waals surface area contributed by atoms with Gasteiger partial charge in [0.05, 0.1) is 13.2 Å². The maximum absolute atomic E-state index is 11.2. The van der Waals surface area contributed by atoms with Crippen LogP contribution in [0.25, 0.3) is 0 Å². The minimum absolute atomic E-state index is 0.238. The van der Waals surface area contributed by atoms with E-state index in [4.69, 9.17) is 9.84 Å². The van der Waals surface area contributed by atoms with Crippen molar-refractivity contribution in [3.05, 3.63) is 35.9 Å². The van der Waals surface area contributed by atoms with Crippen molar-refractivity contribution in [2.45, 2.75) is 25.7 Å². The molecule has 0 aliphatic carbocycles. The monoisotopic (exact) mass is 224 g/mol. The molecule has 0 aromatic heterocycles. The van der Waals surface area contributed by atoms with Crippen molar-refractivity contribution < 1.29 is 19.7 Å². The van der Waals surface area contributed by atoms with Crippen LogP contribution in [-0.4, -0.2) is 34.8 Å². The van der Waals surface area contributed by atoms with E-state index >= 15 is 0 Å². The van der Waals surface area contributed by atoms with Crippen LogP contribution in [0.5, 0.6) is 0 Å². The lowest BCUT2D eigenvalue weighted by Gasteiger charge is -2.19. The molecule has 0 aliphatic heterocycles. The number of carbonyl (C=O) groups is 1. The minimum atomic E-state index is -1.17. The molecule has 4 nitrogen and oxygen atoms in total. The van der Waals surface area contributed by atoms with Gasteiger partial charge in [-0.3, -0.25) is 4.79 Å². The van der Waals surface area contributed by atoms with Crippen molar-refractivity contribution in [1.82, 2.24) is 0 Å². The highest BCUT2D eigenvalue weighted by molar-refractivity contribution is 5.81. The van der Waals surface area contributed by atoms with Crippen LogP contribution >= 0.6 is 0 Å². The number of Topliss-reactive ketones (excluding diaryl/α,β-unsaturated/α-hetero) is 1. The van der Waals surface area contributed by atoms with E-state index < -0.39 is 18.8 Å². The Bertz CT molecular complexity index is 323. The first kappa shape index (κ1) is 12.8. The van der Waals surface area contributed by atoms with E-state index in [1.54, 1.807) is 0 Å². The maximum Gasteiger partial charge on any atom is 0.161 e. The highest BCUT2D eigenvalue weighted by Gasteiger charge is 2.23. The summed E-state index contributed by atoms with van der Waals surface area (Å²) in [6.45, 7) is 1.08. The first-order valence-corrected chi connectivity index (χ1v) is 5.10. The fourth-order valence-corrected chi connectivity index (χ4v) is 1.36. The lowest BCUT2D eigenvalue weighted by atomic mass is 10.1. The molecule has 2 N–H and O–H groups in total. The lowest BCUT2D eigenvalue weighted by Crippen LogP contribution is -2.37. The largest absolute Gasteiger partial charge is 0.394 e. The molecule has 0 unspecified atom stereocenters. The Kier molecular flexibility index (Phi) is 5.11. The molecule has 0 fully saturated rings. The zero-order chi connectivity index (χ0) is 12.0. The fraction of sp³-hybridized carbons (Fsp3) is 0.417. The first-order chi connectivity index (χ1) is 7.65. The number of benzene rings is 1. The van der Waals surface area contributed by atoms with E-state index in [0.717, 1.165) is 5.56 Å². The number of aliphatic hydroxyl groups excluding tert-OH is 2. The Morgan fingerprint density at radius 1 is 1.38 bits per heavy atom. The average Bonchev–Trinajstić information content (AvgIpc) is 2.30. The van der Waals surface area contributed by atoms with Crippen LogP contribution in [0.1, 0.15) is 12.5 Å². The lowest BCUT2D eigenvalue weighted by molar-refractivity contribution is -0.139. The SMILES string of the molecule is CC(=O)[C@@H](OCc1ccccc1)[C@H](O)CO. The summed E-state index contributed by atoms with van der Waals surface area (Å²) in [6.07, 6.45) is -2.13. The van der Waals surface area contributed by atoms with Crippen molar-refractivity contribution in [1.29, 1.82) is 0 Å². The molecule has 1 rings (SSSR count). The molecule has 1 aromatic carbocycles. The van der Waals surface area contributed by atoms with Gasteiger partial charge in [0, 0.05) is 0 Å². The first-order valence-electron chi connectivity index (χ1n) is 5.10. The molecule has 0 radical (unpaired) electrons. The van der Waals surface area contributed by atoms with Crippen molar-refractivity contribution in [2.75, 3.05) is 6.61 Å². The summed E-state index contributed by atoms with van der Waals surface area (Å²) in [6, 6.07) is 9.34.